The van der Waals surface area contributed by atoms with E-state index in [0.29, 0.717) is 17.6 Å². The van der Waals surface area contributed by atoms with E-state index in [0.717, 1.165) is 18.8 Å². The van der Waals surface area contributed by atoms with Crippen LogP contribution in [0.5, 0.6) is 0 Å². The normalized spacial score (nSPS) is 56.4. The average molecular weight is 185 g/mol. The van der Waals surface area contributed by atoms with E-state index >= 15 is 0 Å². The monoisotopic (exact) mass is 184 g/mol. The molecule has 4 rings (SSSR count). The molecule has 5 atom stereocenters. The maximum Gasteiger partial charge on any atom is 0.140 e. The molecular formula is C10H13ClO. The SMILES string of the molecule is O=C1[C@H]2C[C@@H]3C[C@H](C2)C(Cl)[C@H]1C3. The van der Waals surface area contributed by atoms with Crippen molar-refractivity contribution in [3.05, 3.63) is 0 Å². The zero-order valence-corrected chi connectivity index (χ0v) is 7.76. The molecule has 0 amide bonds. The van der Waals surface area contributed by atoms with Gasteiger partial charge in [-0.1, -0.05) is 0 Å². The molecule has 66 valence electrons. The van der Waals surface area contributed by atoms with Gasteiger partial charge in [0.05, 0.1) is 0 Å². The molecule has 0 saturated heterocycles. The highest BCUT2D eigenvalue weighted by Gasteiger charge is 2.52. The number of hydrogen-bond acceptors (Lipinski definition) is 1. The van der Waals surface area contributed by atoms with Crippen LogP contribution in [0.15, 0.2) is 0 Å². The minimum absolute atomic E-state index is 0.185. The first-order valence-electron chi connectivity index (χ1n) is 4.93. The van der Waals surface area contributed by atoms with E-state index < -0.39 is 0 Å². The number of alkyl halides is 1. The molecule has 4 bridgehead atoms. The minimum Gasteiger partial charge on any atom is -0.299 e. The van der Waals surface area contributed by atoms with Crippen molar-refractivity contribution < 1.29 is 4.79 Å². The van der Waals surface area contributed by atoms with E-state index in [-0.39, 0.29) is 11.3 Å². The highest BCUT2D eigenvalue weighted by Crippen LogP contribution is 2.53. The molecule has 0 aromatic heterocycles. The van der Waals surface area contributed by atoms with Crippen molar-refractivity contribution >= 4 is 17.4 Å². The third-order valence-electron chi connectivity index (χ3n) is 4.03. The summed E-state index contributed by atoms with van der Waals surface area (Å²) in [4.78, 5) is 11.7. The molecule has 1 unspecified atom stereocenters. The van der Waals surface area contributed by atoms with Gasteiger partial charge in [0.2, 0.25) is 0 Å². The molecule has 0 spiro atoms. The number of carbonyl (C=O) groups excluding carboxylic acids is 1. The zero-order valence-electron chi connectivity index (χ0n) is 7.00. The largest absolute Gasteiger partial charge is 0.299 e. The Balaban J connectivity index is 1.98. The maximum atomic E-state index is 11.7. The highest BCUT2D eigenvalue weighted by atomic mass is 35.5. The lowest BCUT2D eigenvalue weighted by Crippen LogP contribution is -2.51. The summed E-state index contributed by atoms with van der Waals surface area (Å²) in [5.41, 5.74) is 0. The number of ketones is 1. The van der Waals surface area contributed by atoms with Crippen molar-refractivity contribution in [3.8, 4) is 0 Å². The van der Waals surface area contributed by atoms with E-state index in [1.54, 1.807) is 0 Å². The Morgan fingerprint density at radius 3 is 2.83 bits per heavy atom. The Bertz CT molecular complexity index is 238. The van der Waals surface area contributed by atoms with Crippen molar-refractivity contribution in [1.29, 1.82) is 0 Å². The zero-order chi connectivity index (χ0) is 8.29. The highest BCUT2D eigenvalue weighted by molar-refractivity contribution is 6.23. The van der Waals surface area contributed by atoms with Gasteiger partial charge in [-0.2, -0.15) is 0 Å². The van der Waals surface area contributed by atoms with Crippen molar-refractivity contribution in [2.45, 2.75) is 31.1 Å². The Hall–Kier alpha value is -0.0400. The first-order valence-corrected chi connectivity index (χ1v) is 5.37. The van der Waals surface area contributed by atoms with E-state index in [4.69, 9.17) is 11.6 Å². The van der Waals surface area contributed by atoms with Gasteiger partial charge in [-0.3, -0.25) is 4.79 Å². The number of hydrogen-bond donors (Lipinski definition) is 0. The summed E-state index contributed by atoms with van der Waals surface area (Å²) >= 11 is 6.24. The van der Waals surface area contributed by atoms with Crippen LogP contribution in [0.3, 0.4) is 0 Å². The molecule has 12 heavy (non-hydrogen) atoms. The molecule has 0 heterocycles. The summed E-state index contributed by atoms with van der Waals surface area (Å²) in [5.74, 6) is 2.64. The fourth-order valence-corrected chi connectivity index (χ4v) is 4.00. The maximum absolute atomic E-state index is 11.7. The lowest BCUT2D eigenvalue weighted by molar-refractivity contribution is -0.139. The van der Waals surface area contributed by atoms with Crippen LogP contribution in [-0.4, -0.2) is 11.2 Å². The van der Waals surface area contributed by atoms with E-state index in [1.165, 1.54) is 12.8 Å². The average Bonchev–Trinajstić information content (AvgIpc) is 2.07. The van der Waals surface area contributed by atoms with Crippen LogP contribution in [0.25, 0.3) is 0 Å². The molecule has 0 radical (unpaired) electrons. The second-order valence-corrected chi connectivity index (χ2v) is 5.22. The molecule has 4 fully saturated rings. The van der Waals surface area contributed by atoms with Crippen molar-refractivity contribution in [2.75, 3.05) is 0 Å². The third kappa shape index (κ3) is 0.783. The van der Waals surface area contributed by atoms with Gasteiger partial charge in [0.15, 0.2) is 0 Å². The Morgan fingerprint density at radius 1 is 1.17 bits per heavy atom. The molecule has 2 heteroatoms. The predicted molar refractivity (Wildman–Crippen MR) is 47.1 cm³/mol. The molecule has 0 aromatic rings. The van der Waals surface area contributed by atoms with Crippen LogP contribution in [0, 0.1) is 23.7 Å². The number of halogens is 1. The standard InChI is InChI=1S/C10H13ClO/c11-9-6-1-5-2-7(4-6)10(12)8(9)3-5/h5-9H,1-4H2/t5-,6+,7-,8+,9?/m0/s1. The second-order valence-electron chi connectivity index (χ2n) is 4.72. The van der Waals surface area contributed by atoms with Gasteiger partial charge in [-0.05, 0) is 37.5 Å². The van der Waals surface area contributed by atoms with Gasteiger partial charge in [0, 0.05) is 17.2 Å². The first-order chi connectivity index (χ1) is 5.75. The predicted octanol–water partition coefficient (Wildman–Crippen LogP) is 2.23. The summed E-state index contributed by atoms with van der Waals surface area (Å²) in [6.07, 6.45) is 4.67. The van der Waals surface area contributed by atoms with Gasteiger partial charge in [-0.25, -0.2) is 0 Å². The molecule has 0 aromatic carbocycles. The molecule has 4 aliphatic rings. The minimum atomic E-state index is 0.185. The van der Waals surface area contributed by atoms with Crippen LogP contribution in [0.1, 0.15) is 25.7 Å². The molecule has 4 saturated carbocycles. The van der Waals surface area contributed by atoms with Crippen LogP contribution in [-0.2, 0) is 4.79 Å². The lowest BCUT2D eigenvalue weighted by Gasteiger charge is -2.51. The van der Waals surface area contributed by atoms with Crippen LogP contribution >= 0.6 is 11.6 Å². The van der Waals surface area contributed by atoms with E-state index in [9.17, 15) is 4.79 Å². The molecular weight excluding hydrogens is 172 g/mol. The summed E-state index contributed by atoms with van der Waals surface area (Å²) < 4.78 is 0. The summed E-state index contributed by atoms with van der Waals surface area (Å²) in [7, 11) is 0. The summed E-state index contributed by atoms with van der Waals surface area (Å²) in [6.45, 7) is 0. The second kappa shape index (κ2) is 2.25. The van der Waals surface area contributed by atoms with E-state index in [1.807, 2.05) is 0 Å². The van der Waals surface area contributed by atoms with Gasteiger partial charge >= 0.3 is 0 Å². The Morgan fingerprint density at radius 2 is 2.00 bits per heavy atom. The Labute approximate surface area is 77.5 Å². The summed E-state index contributed by atoms with van der Waals surface area (Å²) in [6, 6.07) is 0. The lowest BCUT2D eigenvalue weighted by atomic mass is 9.55. The van der Waals surface area contributed by atoms with Crippen LogP contribution in [0.2, 0.25) is 0 Å². The van der Waals surface area contributed by atoms with E-state index in [2.05, 4.69) is 0 Å². The van der Waals surface area contributed by atoms with Crippen molar-refractivity contribution in [3.63, 3.8) is 0 Å². The fourth-order valence-electron chi connectivity index (χ4n) is 3.56. The topological polar surface area (TPSA) is 17.1 Å². The molecule has 4 aliphatic carbocycles. The van der Waals surface area contributed by atoms with Crippen molar-refractivity contribution in [2.24, 2.45) is 23.7 Å². The van der Waals surface area contributed by atoms with Gasteiger partial charge in [0.25, 0.3) is 0 Å². The number of carbonyl (C=O) groups is 1. The number of Topliss-reactive ketones (excluding diaryl/α,β-unsaturated/α-hetero) is 1. The summed E-state index contributed by atoms with van der Waals surface area (Å²) in [5, 5.41) is 0.185. The quantitative estimate of drug-likeness (QED) is 0.528. The smallest absolute Gasteiger partial charge is 0.140 e. The first kappa shape index (κ1) is 7.37. The fraction of sp³-hybridized carbons (Fsp3) is 0.900. The van der Waals surface area contributed by atoms with Crippen LogP contribution < -0.4 is 0 Å². The molecule has 1 nitrogen and oxygen atoms in total. The van der Waals surface area contributed by atoms with Crippen molar-refractivity contribution in [1.82, 2.24) is 0 Å². The molecule has 0 N–H and O–H groups in total. The van der Waals surface area contributed by atoms with Crippen LogP contribution in [0.4, 0.5) is 0 Å². The van der Waals surface area contributed by atoms with Gasteiger partial charge < -0.3 is 0 Å². The molecule has 0 aliphatic heterocycles. The van der Waals surface area contributed by atoms with Gasteiger partial charge in [-0.15, -0.1) is 11.6 Å². The Kier molecular flexibility index (Phi) is 1.39. The number of rotatable bonds is 0. The third-order valence-corrected chi connectivity index (χ3v) is 4.69. The van der Waals surface area contributed by atoms with Gasteiger partial charge in [0.1, 0.15) is 5.78 Å².